The summed E-state index contributed by atoms with van der Waals surface area (Å²) in [5.74, 6) is 0.245. The van der Waals surface area contributed by atoms with Crippen LogP contribution in [0.2, 0.25) is 0 Å². The highest BCUT2D eigenvalue weighted by molar-refractivity contribution is 5.92. The van der Waals surface area contributed by atoms with Gasteiger partial charge in [0, 0.05) is 18.2 Å². The molecule has 1 aliphatic heterocycles. The quantitative estimate of drug-likeness (QED) is 0.855. The SMILES string of the molecule is O=C(c1cc(-c2ccccc2)no1)N1CCOC2CCCCC21. The van der Waals surface area contributed by atoms with Gasteiger partial charge in [-0.15, -0.1) is 0 Å². The fourth-order valence-electron chi connectivity index (χ4n) is 3.61. The summed E-state index contributed by atoms with van der Waals surface area (Å²) in [4.78, 5) is 14.8. The lowest BCUT2D eigenvalue weighted by Gasteiger charge is -2.43. The molecule has 2 fully saturated rings. The molecule has 2 heterocycles. The molecular formula is C18H20N2O3. The maximum Gasteiger partial charge on any atom is 0.292 e. The van der Waals surface area contributed by atoms with Crippen LogP contribution in [0, 0.1) is 0 Å². The molecule has 0 bridgehead atoms. The second-order valence-electron chi connectivity index (χ2n) is 6.20. The zero-order valence-corrected chi connectivity index (χ0v) is 13.0. The topological polar surface area (TPSA) is 55.6 Å². The van der Waals surface area contributed by atoms with E-state index in [4.69, 9.17) is 9.26 Å². The summed E-state index contributed by atoms with van der Waals surface area (Å²) in [5, 5.41) is 4.05. The molecule has 1 aromatic carbocycles. The number of hydrogen-bond donors (Lipinski definition) is 0. The second-order valence-corrected chi connectivity index (χ2v) is 6.20. The lowest BCUT2D eigenvalue weighted by atomic mass is 9.90. The molecule has 23 heavy (non-hydrogen) atoms. The number of aromatic nitrogens is 1. The van der Waals surface area contributed by atoms with Crippen LogP contribution in [0.3, 0.4) is 0 Å². The van der Waals surface area contributed by atoms with E-state index in [1.807, 2.05) is 35.2 Å². The van der Waals surface area contributed by atoms with Gasteiger partial charge in [-0.1, -0.05) is 48.3 Å². The Bertz CT molecular complexity index is 681. The maximum absolute atomic E-state index is 12.8. The van der Waals surface area contributed by atoms with E-state index in [9.17, 15) is 4.79 Å². The Morgan fingerprint density at radius 1 is 1.17 bits per heavy atom. The number of carbonyl (C=O) groups is 1. The van der Waals surface area contributed by atoms with Gasteiger partial charge < -0.3 is 14.2 Å². The summed E-state index contributed by atoms with van der Waals surface area (Å²) in [7, 11) is 0. The van der Waals surface area contributed by atoms with Gasteiger partial charge in [0.25, 0.3) is 5.91 Å². The first-order valence-corrected chi connectivity index (χ1v) is 8.27. The summed E-state index contributed by atoms with van der Waals surface area (Å²) >= 11 is 0. The minimum Gasteiger partial charge on any atom is -0.374 e. The second kappa shape index (κ2) is 6.16. The van der Waals surface area contributed by atoms with Crippen molar-refractivity contribution in [2.75, 3.05) is 13.2 Å². The standard InChI is InChI=1S/C18H20N2O3/c21-18(20-10-11-22-16-9-5-4-8-15(16)20)17-12-14(19-23-17)13-6-2-1-3-7-13/h1-3,6-7,12,15-16H,4-5,8-11H2. The highest BCUT2D eigenvalue weighted by atomic mass is 16.5. The summed E-state index contributed by atoms with van der Waals surface area (Å²) in [6.07, 6.45) is 4.57. The average molecular weight is 312 g/mol. The van der Waals surface area contributed by atoms with Gasteiger partial charge in [0.2, 0.25) is 5.76 Å². The molecule has 0 N–H and O–H groups in total. The minimum atomic E-state index is -0.0696. The van der Waals surface area contributed by atoms with Crippen LogP contribution in [0.4, 0.5) is 0 Å². The molecule has 1 saturated carbocycles. The van der Waals surface area contributed by atoms with Crippen molar-refractivity contribution in [1.29, 1.82) is 0 Å². The Balaban J connectivity index is 1.56. The van der Waals surface area contributed by atoms with Gasteiger partial charge in [-0.05, 0) is 12.8 Å². The van der Waals surface area contributed by atoms with Crippen LogP contribution < -0.4 is 0 Å². The zero-order chi connectivity index (χ0) is 15.6. The molecular weight excluding hydrogens is 292 g/mol. The predicted molar refractivity (Wildman–Crippen MR) is 85.0 cm³/mol. The summed E-state index contributed by atoms with van der Waals surface area (Å²) < 4.78 is 11.2. The molecule has 5 heteroatoms. The highest BCUT2D eigenvalue weighted by Gasteiger charge is 2.38. The van der Waals surface area contributed by atoms with Crippen molar-refractivity contribution in [3.8, 4) is 11.3 Å². The Morgan fingerprint density at radius 2 is 2.00 bits per heavy atom. The number of fused-ring (bicyclic) bond motifs is 1. The molecule has 2 aliphatic rings. The first kappa shape index (κ1) is 14.5. The van der Waals surface area contributed by atoms with Gasteiger partial charge in [0.05, 0.1) is 18.8 Å². The maximum atomic E-state index is 12.8. The molecule has 2 atom stereocenters. The van der Waals surface area contributed by atoms with E-state index in [0.717, 1.165) is 24.8 Å². The van der Waals surface area contributed by atoms with E-state index >= 15 is 0 Å². The average Bonchev–Trinajstić information content (AvgIpc) is 3.11. The smallest absolute Gasteiger partial charge is 0.292 e. The molecule has 1 aliphatic carbocycles. The number of ether oxygens (including phenoxy) is 1. The third-order valence-corrected chi connectivity index (χ3v) is 4.78. The fourth-order valence-corrected chi connectivity index (χ4v) is 3.61. The minimum absolute atomic E-state index is 0.0696. The highest BCUT2D eigenvalue weighted by Crippen LogP contribution is 2.30. The van der Waals surface area contributed by atoms with Crippen molar-refractivity contribution in [2.45, 2.75) is 37.8 Å². The van der Waals surface area contributed by atoms with Gasteiger partial charge in [-0.3, -0.25) is 4.79 Å². The van der Waals surface area contributed by atoms with E-state index in [1.54, 1.807) is 6.07 Å². The number of hydrogen-bond acceptors (Lipinski definition) is 4. The molecule has 0 radical (unpaired) electrons. The van der Waals surface area contributed by atoms with E-state index < -0.39 is 0 Å². The molecule has 1 amide bonds. The van der Waals surface area contributed by atoms with Gasteiger partial charge in [-0.2, -0.15) is 0 Å². The van der Waals surface area contributed by atoms with E-state index in [2.05, 4.69) is 5.16 Å². The summed E-state index contributed by atoms with van der Waals surface area (Å²) in [6, 6.07) is 11.7. The molecule has 1 aromatic heterocycles. The van der Waals surface area contributed by atoms with Crippen LogP contribution in [0.5, 0.6) is 0 Å². The van der Waals surface area contributed by atoms with Crippen molar-refractivity contribution >= 4 is 5.91 Å². The number of carbonyl (C=O) groups excluding carboxylic acids is 1. The lowest BCUT2D eigenvalue weighted by molar-refractivity contribution is -0.0760. The van der Waals surface area contributed by atoms with Gasteiger partial charge >= 0.3 is 0 Å². The van der Waals surface area contributed by atoms with Gasteiger partial charge in [0.15, 0.2) is 0 Å². The van der Waals surface area contributed by atoms with Crippen LogP contribution in [-0.2, 0) is 4.74 Å². The fraction of sp³-hybridized carbons (Fsp3) is 0.444. The number of morpholine rings is 1. The molecule has 2 aromatic rings. The van der Waals surface area contributed by atoms with Crippen molar-refractivity contribution in [3.63, 3.8) is 0 Å². The van der Waals surface area contributed by atoms with Crippen molar-refractivity contribution in [3.05, 3.63) is 42.2 Å². The first-order chi connectivity index (χ1) is 11.3. The number of rotatable bonds is 2. The van der Waals surface area contributed by atoms with Crippen LogP contribution >= 0.6 is 0 Å². The molecule has 1 saturated heterocycles. The van der Waals surface area contributed by atoms with Crippen molar-refractivity contribution < 1.29 is 14.1 Å². The Kier molecular flexibility index (Phi) is 3.87. The number of amides is 1. The van der Waals surface area contributed by atoms with Crippen LogP contribution in [0.15, 0.2) is 40.9 Å². The monoisotopic (exact) mass is 312 g/mol. The van der Waals surface area contributed by atoms with Crippen molar-refractivity contribution in [1.82, 2.24) is 10.1 Å². The summed E-state index contributed by atoms with van der Waals surface area (Å²) in [5.41, 5.74) is 1.65. The third kappa shape index (κ3) is 2.77. The largest absolute Gasteiger partial charge is 0.374 e. The van der Waals surface area contributed by atoms with Crippen molar-refractivity contribution in [2.24, 2.45) is 0 Å². The van der Waals surface area contributed by atoms with E-state index in [-0.39, 0.29) is 18.1 Å². The van der Waals surface area contributed by atoms with E-state index in [1.165, 1.54) is 6.42 Å². The zero-order valence-electron chi connectivity index (χ0n) is 13.0. The molecule has 120 valence electrons. The first-order valence-electron chi connectivity index (χ1n) is 8.27. The van der Waals surface area contributed by atoms with Crippen LogP contribution in [0.1, 0.15) is 36.2 Å². The predicted octanol–water partition coefficient (Wildman–Crippen LogP) is 3.13. The molecule has 0 spiro atoms. The van der Waals surface area contributed by atoms with E-state index in [0.29, 0.717) is 24.6 Å². The van der Waals surface area contributed by atoms with Gasteiger partial charge in [-0.25, -0.2) is 0 Å². The van der Waals surface area contributed by atoms with Crippen LogP contribution in [-0.4, -0.2) is 41.3 Å². The Morgan fingerprint density at radius 3 is 2.87 bits per heavy atom. The molecule has 5 nitrogen and oxygen atoms in total. The van der Waals surface area contributed by atoms with Crippen LogP contribution in [0.25, 0.3) is 11.3 Å². The third-order valence-electron chi connectivity index (χ3n) is 4.78. The van der Waals surface area contributed by atoms with Gasteiger partial charge in [0.1, 0.15) is 5.69 Å². The molecule has 2 unspecified atom stereocenters. The Hall–Kier alpha value is -2.14. The number of benzene rings is 1. The summed E-state index contributed by atoms with van der Waals surface area (Å²) in [6.45, 7) is 1.23. The lowest BCUT2D eigenvalue weighted by Crippen LogP contribution is -2.54. The molecule has 4 rings (SSSR count). The normalized spacial score (nSPS) is 24.3. The Labute approximate surface area is 135 Å². The number of nitrogens with zero attached hydrogens (tertiary/aromatic N) is 2.